The van der Waals surface area contributed by atoms with Crippen LogP contribution in [0.3, 0.4) is 0 Å². The number of phenolic OH excluding ortho intramolecular Hbond substituents is 3. The summed E-state index contributed by atoms with van der Waals surface area (Å²) in [4.78, 5) is 10.8. The van der Waals surface area contributed by atoms with E-state index in [1.165, 1.54) is 6.92 Å². The van der Waals surface area contributed by atoms with Crippen LogP contribution in [-0.4, -0.2) is 21.1 Å². The molecule has 64 valence electrons. The zero-order valence-electron chi connectivity index (χ0n) is 6.40. The molecule has 0 unspecified atom stereocenters. The lowest BCUT2D eigenvalue weighted by Gasteiger charge is -2.02. The average Bonchev–Trinajstić information content (AvgIpc) is 1.99. The summed E-state index contributed by atoms with van der Waals surface area (Å²) >= 11 is 0. The van der Waals surface area contributed by atoms with Gasteiger partial charge in [-0.25, -0.2) is 0 Å². The van der Waals surface area contributed by atoms with E-state index >= 15 is 0 Å². The molecule has 0 heterocycles. The lowest BCUT2D eigenvalue weighted by Crippen LogP contribution is -1.90. The Hall–Kier alpha value is -1.71. The SMILES string of the molecule is CC(=O)c1cc(O)c(O)c(O)c1. The quantitative estimate of drug-likeness (QED) is 0.432. The maximum atomic E-state index is 10.8. The van der Waals surface area contributed by atoms with Crippen molar-refractivity contribution in [2.75, 3.05) is 0 Å². The van der Waals surface area contributed by atoms with Crippen LogP contribution >= 0.6 is 0 Å². The summed E-state index contributed by atoms with van der Waals surface area (Å²) in [5.41, 5.74) is 0.155. The van der Waals surface area contributed by atoms with Crippen molar-refractivity contribution in [3.63, 3.8) is 0 Å². The van der Waals surface area contributed by atoms with Crippen LogP contribution in [-0.2, 0) is 0 Å². The summed E-state index contributed by atoms with van der Waals surface area (Å²) in [5, 5.41) is 26.8. The number of hydrogen-bond donors (Lipinski definition) is 3. The zero-order valence-corrected chi connectivity index (χ0v) is 6.40. The Labute approximate surface area is 68.7 Å². The number of benzene rings is 1. The highest BCUT2D eigenvalue weighted by Crippen LogP contribution is 2.35. The van der Waals surface area contributed by atoms with Crippen molar-refractivity contribution in [1.82, 2.24) is 0 Å². The number of carbonyl (C=O) groups excluding carboxylic acids is 1. The summed E-state index contributed by atoms with van der Waals surface area (Å²) in [6, 6.07) is 2.19. The predicted octanol–water partition coefficient (Wildman–Crippen LogP) is 1.01. The third-order valence-corrected chi connectivity index (χ3v) is 1.48. The van der Waals surface area contributed by atoms with Crippen LogP contribution < -0.4 is 0 Å². The van der Waals surface area contributed by atoms with Crippen LogP contribution in [0.1, 0.15) is 17.3 Å². The van der Waals surface area contributed by atoms with Crippen molar-refractivity contribution in [3.8, 4) is 17.2 Å². The third kappa shape index (κ3) is 1.32. The van der Waals surface area contributed by atoms with Gasteiger partial charge in [0.15, 0.2) is 23.0 Å². The van der Waals surface area contributed by atoms with E-state index in [-0.39, 0.29) is 11.3 Å². The van der Waals surface area contributed by atoms with Crippen molar-refractivity contribution in [2.45, 2.75) is 6.92 Å². The summed E-state index contributed by atoms with van der Waals surface area (Å²) in [6.45, 7) is 1.30. The van der Waals surface area contributed by atoms with Gasteiger partial charge in [-0.15, -0.1) is 0 Å². The number of hydrogen-bond acceptors (Lipinski definition) is 4. The van der Waals surface area contributed by atoms with Crippen molar-refractivity contribution >= 4 is 5.78 Å². The highest BCUT2D eigenvalue weighted by molar-refractivity contribution is 5.95. The first-order chi connectivity index (χ1) is 5.52. The predicted molar refractivity (Wildman–Crippen MR) is 41.4 cm³/mol. The normalized spacial score (nSPS) is 9.75. The van der Waals surface area contributed by atoms with Crippen molar-refractivity contribution in [3.05, 3.63) is 17.7 Å². The van der Waals surface area contributed by atoms with Gasteiger partial charge in [0.2, 0.25) is 0 Å². The molecule has 3 N–H and O–H groups in total. The molecule has 0 aliphatic carbocycles. The molecule has 0 saturated carbocycles. The highest BCUT2D eigenvalue weighted by Gasteiger charge is 2.09. The molecule has 0 bridgehead atoms. The number of aromatic hydroxyl groups is 3. The number of Topliss-reactive ketones (excluding diaryl/α,β-unsaturated/α-hetero) is 1. The molecule has 0 aliphatic heterocycles. The van der Waals surface area contributed by atoms with E-state index in [1.54, 1.807) is 0 Å². The number of ketones is 1. The Morgan fingerprint density at radius 1 is 1.17 bits per heavy atom. The minimum atomic E-state index is -0.611. The van der Waals surface area contributed by atoms with Gasteiger partial charge in [-0.1, -0.05) is 0 Å². The van der Waals surface area contributed by atoms with E-state index in [1.807, 2.05) is 0 Å². The Bertz CT molecular complexity index is 307. The first-order valence-corrected chi connectivity index (χ1v) is 3.28. The highest BCUT2D eigenvalue weighted by atomic mass is 16.3. The molecule has 12 heavy (non-hydrogen) atoms. The van der Waals surface area contributed by atoms with Crippen LogP contribution in [0.5, 0.6) is 17.2 Å². The van der Waals surface area contributed by atoms with E-state index in [0.29, 0.717) is 0 Å². The second-order valence-electron chi connectivity index (χ2n) is 2.42. The fourth-order valence-electron chi connectivity index (χ4n) is 0.807. The van der Waals surface area contributed by atoms with Crippen LogP contribution in [0.2, 0.25) is 0 Å². The Kier molecular flexibility index (Phi) is 1.91. The van der Waals surface area contributed by atoms with Gasteiger partial charge < -0.3 is 15.3 Å². The van der Waals surface area contributed by atoms with Gasteiger partial charge in [-0.2, -0.15) is 0 Å². The van der Waals surface area contributed by atoms with Gasteiger partial charge in [-0.05, 0) is 19.1 Å². The van der Waals surface area contributed by atoms with Gasteiger partial charge in [-0.3, -0.25) is 4.79 Å². The van der Waals surface area contributed by atoms with Gasteiger partial charge in [0.1, 0.15) is 0 Å². The Morgan fingerprint density at radius 3 is 1.92 bits per heavy atom. The molecule has 0 amide bonds. The van der Waals surface area contributed by atoms with Gasteiger partial charge in [0, 0.05) is 5.56 Å². The maximum Gasteiger partial charge on any atom is 0.200 e. The largest absolute Gasteiger partial charge is 0.504 e. The fraction of sp³-hybridized carbons (Fsp3) is 0.125. The smallest absolute Gasteiger partial charge is 0.200 e. The molecular formula is C8H8O4. The van der Waals surface area contributed by atoms with Crippen molar-refractivity contribution < 1.29 is 20.1 Å². The Balaban J connectivity index is 3.31. The molecule has 0 radical (unpaired) electrons. The number of carbonyl (C=O) groups is 1. The second kappa shape index (κ2) is 2.73. The molecule has 0 aromatic heterocycles. The lowest BCUT2D eigenvalue weighted by molar-refractivity contribution is 0.101. The average molecular weight is 168 g/mol. The maximum absolute atomic E-state index is 10.8. The molecule has 0 fully saturated rings. The van der Waals surface area contributed by atoms with E-state index in [0.717, 1.165) is 12.1 Å². The van der Waals surface area contributed by atoms with E-state index in [2.05, 4.69) is 0 Å². The molecule has 4 heteroatoms. The van der Waals surface area contributed by atoms with Gasteiger partial charge in [0.05, 0.1) is 0 Å². The lowest BCUT2D eigenvalue weighted by atomic mass is 10.1. The number of phenols is 3. The summed E-state index contributed by atoms with van der Waals surface area (Å²) < 4.78 is 0. The third-order valence-electron chi connectivity index (χ3n) is 1.48. The molecule has 0 atom stereocenters. The minimum absolute atomic E-state index is 0.155. The number of rotatable bonds is 1. The first-order valence-electron chi connectivity index (χ1n) is 3.28. The van der Waals surface area contributed by atoms with Crippen LogP contribution in [0, 0.1) is 0 Å². The molecule has 1 aromatic carbocycles. The molecular weight excluding hydrogens is 160 g/mol. The molecule has 1 rings (SSSR count). The molecule has 0 saturated heterocycles. The van der Waals surface area contributed by atoms with Crippen LogP contribution in [0.4, 0.5) is 0 Å². The topological polar surface area (TPSA) is 77.8 Å². The van der Waals surface area contributed by atoms with E-state index in [4.69, 9.17) is 15.3 Å². The van der Waals surface area contributed by atoms with Crippen LogP contribution in [0.15, 0.2) is 12.1 Å². The minimum Gasteiger partial charge on any atom is -0.504 e. The van der Waals surface area contributed by atoms with E-state index in [9.17, 15) is 4.79 Å². The fourth-order valence-corrected chi connectivity index (χ4v) is 0.807. The monoisotopic (exact) mass is 168 g/mol. The van der Waals surface area contributed by atoms with Gasteiger partial charge >= 0.3 is 0 Å². The Morgan fingerprint density at radius 2 is 1.58 bits per heavy atom. The molecule has 4 nitrogen and oxygen atoms in total. The first kappa shape index (κ1) is 8.39. The van der Waals surface area contributed by atoms with Gasteiger partial charge in [0.25, 0.3) is 0 Å². The summed E-state index contributed by atoms with van der Waals surface area (Å²) in [6.07, 6.45) is 0. The molecule has 0 spiro atoms. The standard InChI is InChI=1S/C8H8O4/c1-4(9)5-2-6(10)8(12)7(11)3-5/h2-3,10-12H,1H3. The summed E-state index contributed by atoms with van der Waals surface area (Å²) in [5.74, 6) is -1.90. The zero-order chi connectivity index (χ0) is 9.30. The van der Waals surface area contributed by atoms with Crippen molar-refractivity contribution in [2.24, 2.45) is 0 Å². The molecule has 0 aliphatic rings. The summed E-state index contributed by atoms with van der Waals surface area (Å²) in [7, 11) is 0. The molecule has 1 aromatic rings. The van der Waals surface area contributed by atoms with Crippen molar-refractivity contribution in [1.29, 1.82) is 0 Å². The second-order valence-corrected chi connectivity index (χ2v) is 2.42. The van der Waals surface area contributed by atoms with Crippen LogP contribution in [0.25, 0.3) is 0 Å². The van der Waals surface area contributed by atoms with E-state index < -0.39 is 17.2 Å².